The van der Waals surface area contributed by atoms with Crippen LogP contribution in [0.5, 0.6) is 5.75 Å². The van der Waals surface area contributed by atoms with Crippen LogP contribution in [-0.4, -0.2) is 20.7 Å². The number of ketones is 1. The van der Waals surface area contributed by atoms with Gasteiger partial charge in [-0.1, -0.05) is 13.8 Å². The molecule has 1 aromatic carbocycles. The normalized spacial score (nSPS) is 16.7. The second-order valence-corrected chi connectivity index (χ2v) is 5.98. The van der Waals surface area contributed by atoms with Crippen LogP contribution in [0.1, 0.15) is 30.8 Å². The summed E-state index contributed by atoms with van der Waals surface area (Å²) in [5, 5.41) is 13.1. The number of hydrogen-bond acceptors (Lipinski definition) is 3. The first-order valence-corrected chi connectivity index (χ1v) is 6.72. The Hall–Kier alpha value is -2.31. The Morgan fingerprint density at radius 3 is 2.59 bits per heavy atom. The largest absolute Gasteiger partial charge is 0.503 e. The number of phenolic OH excluding ortho intramolecular Hbond substituents is 1. The van der Waals surface area contributed by atoms with E-state index in [1.807, 2.05) is 0 Å². The van der Waals surface area contributed by atoms with Gasteiger partial charge in [-0.15, -0.1) is 0 Å². The van der Waals surface area contributed by atoms with Gasteiger partial charge in [0.25, 0.3) is 0 Å². The van der Waals surface area contributed by atoms with Crippen molar-refractivity contribution < 1.29 is 23.1 Å². The molecular formula is C15H13F3N2O2. The van der Waals surface area contributed by atoms with Crippen LogP contribution in [0.15, 0.2) is 12.1 Å². The van der Waals surface area contributed by atoms with Crippen molar-refractivity contribution in [1.29, 1.82) is 0 Å². The molecule has 0 fully saturated rings. The second kappa shape index (κ2) is 4.59. The lowest BCUT2D eigenvalue weighted by Gasteiger charge is -2.27. The third-order valence-electron chi connectivity index (χ3n) is 3.99. The number of aromatic hydroxyl groups is 1. The summed E-state index contributed by atoms with van der Waals surface area (Å²) in [4.78, 5) is 12.3. The molecule has 0 unspecified atom stereocenters. The fraction of sp³-hybridized carbons (Fsp3) is 0.333. The fourth-order valence-corrected chi connectivity index (χ4v) is 2.52. The maximum Gasteiger partial charge on any atom is 0.204 e. The number of fused-ring (bicyclic) bond motifs is 1. The first kappa shape index (κ1) is 14.6. The zero-order valence-corrected chi connectivity index (χ0v) is 12.0. The van der Waals surface area contributed by atoms with E-state index >= 15 is 0 Å². The standard InChI is InChI=1S/C15H13F3N2O2/c1-15(2)3-4-20-10(14(15)22)6-9(19-20)7-5-8(16)13(21)12(18)11(7)17/h5-6,21H,3-4H2,1-2H3. The number of halogens is 3. The van der Waals surface area contributed by atoms with Crippen LogP contribution in [-0.2, 0) is 6.54 Å². The summed E-state index contributed by atoms with van der Waals surface area (Å²) in [6.45, 7) is 4.05. The molecule has 1 aliphatic heterocycles. The first-order chi connectivity index (χ1) is 10.2. The third kappa shape index (κ3) is 2.00. The van der Waals surface area contributed by atoms with Crippen molar-refractivity contribution in [2.45, 2.75) is 26.8 Å². The van der Waals surface area contributed by atoms with Crippen molar-refractivity contribution in [3.05, 3.63) is 35.3 Å². The lowest BCUT2D eigenvalue weighted by atomic mass is 9.81. The first-order valence-electron chi connectivity index (χ1n) is 6.72. The van der Waals surface area contributed by atoms with Crippen LogP contribution in [0.3, 0.4) is 0 Å². The number of carbonyl (C=O) groups excluding carboxylic acids is 1. The number of rotatable bonds is 1. The smallest absolute Gasteiger partial charge is 0.204 e. The predicted octanol–water partition coefficient (Wildman–Crippen LogP) is 3.29. The molecule has 0 aliphatic carbocycles. The average Bonchev–Trinajstić information content (AvgIpc) is 2.89. The quantitative estimate of drug-likeness (QED) is 0.822. The van der Waals surface area contributed by atoms with Crippen LogP contribution in [0.25, 0.3) is 11.3 Å². The fourth-order valence-electron chi connectivity index (χ4n) is 2.52. The zero-order valence-electron chi connectivity index (χ0n) is 12.0. The van der Waals surface area contributed by atoms with Crippen LogP contribution < -0.4 is 0 Å². The van der Waals surface area contributed by atoms with Crippen molar-refractivity contribution in [2.24, 2.45) is 5.41 Å². The van der Waals surface area contributed by atoms with Gasteiger partial charge in [-0.25, -0.2) is 8.78 Å². The van der Waals surface area contributed by atoms with E-state index in [1.54, 1.807) is 13.8 Å². The summed E-state index contributed by atoms with van der Waals surface area (Å²) >= 11 is 0. The summed E-state index contributed by atoms with van der Waals surface area (Å²) in [5.74, 6) is -5.89. The van der Waals surface area contributed by atoms with E-state index in [1.165, 1.54) is 10.7 Å². The van der Waals surface area contributed by atoms with Gasteiger partial charge in [0, 0.05) is 17.5 Å². The summed E-state index contributed by atoms with van der Waals surface area (Å²) in [7, 11) is 0. The minimum absolute atomic E-state index is 0.0450. The van der Waals surface area contributed by atoms with Crippen molar-refractivity contribution in [3.63, 3.8) is 0 Å². The van der Waals surface area contributed by atoms with Crippen molar-refractivity contribution in [3.8, 4) is 17.0 Å². The van der Waals surface area contributed by atoms with E-state index in [4.69, 9.17) is 5.11 Å². The Morgan fingerprint density at radius 2 is 1.91 bits per heavy atom. The molecule has 22 heavy (non-hydrogen) atoms. The maximum absolute atomic E-state index is 13.9. The molecule has 7 heteroatoms. The molecule has 4 nitrogen and oxygen atoms in total. The molecule has 0 spiro atoms. The number of aromatic nitrogens is 2. The lowest BCUT2D eigenvalue weighted by Crippen LogP contribution is -2.33. The number of carbonyl (C=O) groups is 1. The second-order valence-electron chi connectivity index (χ2n) is 5.98. The number of hydrogen-bond donors (Lipinski definition) is 1. The van der Waals surface area contributed by atoms with Crippen molar-refractivity contribution in [2.75, 3.05) is 0 Å². The van der Waals surface area contributed by atoms with Gasteiger partial charge in [0.2, 0.25) is 5.82 Å². The predicted molar refractivity (Wildman–Crippen MR) is 71.9 cm³/mol. The highest BCUT2D eigenvalue weighted by Gasteiger charge is 2.36. The Balaban J connectivity index is 2.15. The van der Waals surface area contributed by atoms with Gasteiger partial charge < -0.3 is 5.11 Å². The lowest BCUT2D eigenvalue weighted by molar-refractivity contribution is 0.0772. The highest BCUT2D eigenvalue weighted by Crippen LogP contribution is 2.35. The molecule has 0 radical (unpaired) electrons. The van der Waals surface area contributed by atoms with Gasteiger partial charge in [-0.3, -0.25) is 9.48 Å². The van der Waals surface area contributed by atoms with Gasteiger partial charge in [-0.05, 0) is 18.6 Å². The SMILES string of the molecule is CC1(C)CCn2nc(-c3cc(F)c(O)c(F)c3F)cc2C1=O. The number of benzene rings is 1. The number of Topliss-reactive ketones (excluding diaryl/α,β-unsaturated/α-hetero) is 1. The topological polar surface area (TPSA) is 55.1 Å². The van der Waals surface area contributed by atoms with E-state index in [2.05, 4.69) is 5.10 Å². The monoisotopic (exact) mass is 310 g/mol. The molecule has 116 valence electrons. The molecule has 2 heterocycles. The zero-order chi connectivity index (χ0) is 16.2. The number of phenols is 1. The van der Waals surface area contributed by atoms with E-state index in [-0.39, 0.29) is 17.2 Å². The van der Waals surface area contributed by atoms with E-state index in [0.29, 0.717) is 19.0 Å². The molecule has 1 aromatic heterocycles. The highest BCUT2D eigenvalue weighted by atomic mass is 19.2. The van der Waals surface area contributed by atoms with Crippen molar-refractivity contribution >= 4 is 5.78 Å². The van der Waals surface area contributed by atoms with E-state index in [0.717, 1.165) is 0 Å². The Labute approximate surface area is 124 Å². The third-order valence-corrected chi connectivity index (χ3v) is 3.99. The summed E-state index contributed by atoms with van der Waals surface area (Å²) in [6.07, 6.45) is 0.570. The average molecular weight is 310 g/mol. The molecule has 0 amide bonds. The van der Waals surface area contributed by atoms with Crippen molar-refractivity contribution in [1.82, 2.24) is 9.78 Å². The van der Waals surface area contributed by atoms with Crippen LogP contribution >= 0.6 is 0 Å². The highest BCUT2D eigenvalue weighted by molar-refractivity contribution is 6.00. The van der Waals surface area contributed by atoms with Gasteiger partial charge in [0.05, 0.1) is 5.69 Å². The molecular weight excluding hydrogens is 297 g/mol. The Bertz CT molecular complexity index is 797. The number of nitrogens with zero attached hydrogens (tertiary/aromatic N) is 2. The van der Waals surface area contributed by atoms with Gasteiger partial charge in [0.15, 0.2) is 23.2 Å². The van der Waals surface area contributed by atoms with Crippen LogP contribution in [0.4, 0.5) is 13.2 Å². The molecule has 0 bridgehead atoms. The molecule has 0 atom stereocenters. The summed E-state index contributed by atoms with van der Waals surface area (Å²) in [6, 6.07) is 1.98. The molecule has 2 aromatic rings. The maximum atomic E-state index is 13.9. The van der Waals surface area contributed by atoms with Gasteiger partial charge in [0.1, 0.15) is 5.69 Å². The molecule has 1 aliphatic rings. The summed E-state index contributed by atoms with van der Waals surface area (Å²) in [5.41, 5.74) is -0.756. The summed E-state index contributed by atoms with van der Waals surface area (Å²) < 4.78 is 42.2. The minimum atomic E-state index is -1.67. The minimum Gasteiger partial charge on any atom is -0.503 e. The number of aryl methyl sites for hydroxylation is 1. The Morgan fingerprint density at radius 1 is 1.23 bits per heavy atom. The molecule has 3 rings (SSSR count). The van der Waals surface area contributed by atoms with Gasteiger partial charge >= 0.3 is 0 Å². The van der Waals surface area contributed by atoms with Crippen LogP contribution in [0, 0.1) is 22.9 Å². The molecule has 0 saturated carbocycles. The van der Waals surface area contributed by atoms with Gasteiger partial charge in [-0.2, -0.15) is 9.49 Å². The Kier molecular flexibility index (Phi) is 3.05. The molecule has 1 N–H and O–H groups in total. The van der Waals surface area contributed by atoms with E-state index in [9.17, 15) is 18.0 Å². The molecule has 0 saturated heterocycles. The van der Waals surface area contributed by atoms with Crippen LogP contribution in [0.2, 0.25) is 0 Å². The van der Waals surface area contributed by atoms with E-state index < -0.39 is 34.2 Å².